The number of carbonyl (C=O) groups excluding carboxylic acids is 1. The summed E-state index contributed by atoms with van der Waals surface area (Å²) in [7, 11) is 1.07. The zero-order valence-electron chi connectivity index (χ0n) is 9.65. The molecule has 8 heteroatoms. The standard InChI is InChI=1S/C11H8F5NO2/c1-19-11(18)4-2-3-17(4)10-8(15)6(13)5(12)7(14)9(10)16/h4H,2-3H2,1H3. The van der Waals surface area contributed by atoms with Crippen molar-refractivity contribution >= 4 is 11.7 Å². The number of anilines is 1. The van der Waals surface area contributed by atoms with Crippen LogP contribution in [0, 0.1) is 29.1 Å². The van der Waals surface area contributed by atoms with E-state index in [4.69, 9.17) is 0 Å². The summed E-state index contributed by atoms with van der Waals surface area (Å²) in [6.45, 7) is -0.00187. The van der Waals surface area contributed by atoms with E-state index in [9.17, 15) is 26.7 Å². The number of nitrogens with zero attached hydrogens (tertiary/aromatic N) is 1. The Labute approximate surface area is 104 Å². The van der Waals surface area contributed by atoms with Crippen molar-refractivity contribution in [3.63, 3.8) is 0 Å². The highest BCUT2D eigenvalue weighted by Crippen LogP contribution is 2.35. The highest BCUT2D eigenvalue weighted by Gasteiger charge is 2.40. The monoisotopic (exact) mass is 281 g/mol. The van der Waals surface area contributed by atoms with Crippen molar-refractivity contribution in [2.45, 2.75) is 12.5 Å². The number of esters is 1. The van der Waals surface area contributed by atoms with Crippen molar-refractivity contribution in [3.05, 3.63) is 29.1 Å². The fourth-order valence-electron chi connectivity index (χ4n) is 1.88. The first kappa shape index (κ1) is 13.6. The van der Waals surface area contributed by atoms with Crippen molar-refractivity contribution in [1.29, 1.82) is 0 Å². The van der Waals surface area contributed by atoms with E-state index in [0.717, 1.165) is 12.0 Å². The molecular formula is C11H8F5NO2. The van der Waals surface area contributed by atoms with Gasteiger partial charge in [-0.25, -0.2) is 26.7 Å². The molecule has 1 atom stereocenters. The molecule has 1 heterocycles. The Bertz CT molecular complexity index is 519. The number of ether oxygens (including phenoxy) is 1. The first-order valence-corrected chi connectivity index (χ1v) is 5.26. The van der Waals surface area contributed by atoms with E-state index >= 15 is 0 Å². The van der Waals surface area contributed by atoms with Gasteiger partial charge in [0.25, 0.3) is 0 Å². The summed E-state index contributed by atoms with van der Waals surface area (Å²) in [4.78, 5) is 12.1. The van der Waals surface area contributed by atoms with Gasteiger partial charge in [0.15, 0.2) is 23.3 Å². The lowest BCUT2D eigenvalue weighted by Crippen LogP contribution is -2.54. The molecule has 104 valence electrons. The summed E-state index contributed by atoms with van der Waals surface area (Å²) >= 11 is 0. The first-order valence-electron chi connectivity index (χ1n) is 5.26. The molecule has 0 aliphatic carbocycles. The maximum atomic E-state index is 13.5. The van der Waals surface area contributed by atoms with Crippen molar-refractivity contribution < 1.29 is 31.5 Å². The predicted octanol–water partition coefficient (Wildman–Crippen LogP) is 2.13. The molecule has 1 unspecified atom stereocenters. The third kappa shape index (κ3) is 1.91. The molecule has 3 nitrogen and oxygen atoms in total. The van der Waals surface area contributed by atoms with E-state index in [2.05, 4.69) is 4.74 Å². The molecule has 0 aromatic heterocycles. The zero-order chi connectivity index (χ0) is 14.3. The molecule has 1 aromatic rings. The number of hydrogen-bond donors (Lipinski definition) is 0. The molecule has 1 fully saturated rings. The fraction of sp³-hybridized carbons (Fsp3) is 0.364. The van der Waals surface area contributed by atoms with Gasteiger partial charge in [-0.15, -0.1) is 0 Å². The van der Waals surface area contributed by atoms with E-state index in [1.165, 1.54) is 0 Å². The summed E-state index contributed by atoms with van der Waals surface area (Å²) in [5.74, 6) is -11.0. The van der Waals surface area contributed by atoms with Gasteiger partial charge in [0.1, 0.15) is 11.7 Å². The average Bonchev–Trinajstić information content (AvgIpc) is 2.37. The number of halogens is 5. The normalized spacial score (nSPS) is 18.2. The average molecular weight is 281 g/mol. The fourth-order valence-corrected chi connectivity index (χ4v) is 1.88. The molecule has 19 heavy (non-hydrogen) atoms. The molecule has 0 radical (unpaired) electrons. The number of rotatable bonds is 2. The lowest BCUT2D eigenvalue weighted by molar-refractivity contribution is -0.143. The lowest BCUT2D eigenvalue weighted by atomic mass is 10.0. The van der Waals surface area contributed by atoms with Gasteiger partial charge in [-0.05, 0) is 6.42 Å². The summed E-state index contributed by atoms with van der Waals surface area (Å²) in [5.41, 5.74) is -1.10. The zero-order valence-corrected chi connectivity index (χ0v) is 9.65. The highest BCUT2D eigenvalue weighted by atomic mass is 19.2. The van der Waals surface area contributed by atoms with Crippen molar-refractivity contribution in [2.24, 2.45) is 0 Å². The van der Waals surface area contributed by atoms with E-state index < -0.39 is 46.8 Å². The Kier molecular flexibility index (Phi) is 3.34. The smallest absolute Gasteiger partial charge is 0.328 e. The Balaban J connectivity index is 2.49. The number of benzene rings is 1. The van der Waals surface area contributed by atoms with Crippen LogP contribution in [-0.4, -0.2) is 25.7 Å². The molecule has 1 saturated heterocycles. The summed E-state index contributed by atoms with van der Waals surface area (Å²) < 4.78 is 70.3. The molecule has 2 rings (SSSR count). The number of carbonyl (C=O) groups is 1. The Hall–Kier alpha value is -1.86. The lowest BCUT2D eigenvalue weighted by Gasteiger charge is -2.40. The molecule has 0 amide bonds. The topological polar surface area (TPSA) is 29.5 Å². The predicted molar refractivity (Wildman–Crippen MR) is 54.0 cm³/mol. The molecule has 1 aliphatic heterocycles. The van der Waals surface area contributed by atoms with E-state index in [1.54, 1.807) is 0 Å². The molecule has 1 aliphatic rings. The quantitative estimate of drug-likeness (QED) is 0.360. The maximum Gasteiger partial charge on any atom is 0.328 e. The van der Waals surface area contributed by atoms with Crippen LogP contribution in [-0.2, 0) is 9.53 Å². The molecule has 0 saturated carbocycles. The minimum Gasteiger partial charge on any atom is -0.467 e. The second-order valence-corrected chi connectivity index (χ2v) is 3.94. The van der Waals surface area contributed by atoms with Gasteiger partial charge in [-0.3, -0.25) is 0 Å². The molecule has 0 bridgehead atoms. The van der Waals surface area contributed by atoms with Crippen LogP contribution in [0.25, 0.3) is 0 Å². The second kappa shape index (κ2) is 4.67. The second-order valence-electron chi connectivity index (χ2n) is 3.94. The van der Waals surface area contributed by atoms with Crippen LogP contribution < -0.4 is 4.90 Å². The van der Waals surface area contributed by atoms with E-state index in [-0.39, 0.29) is 13.0 Å². The Morgan fingerprint density at radius 3 is 1.89 bits per heavy atom. The Morgan fingerprint density at radius 2 is 1.53 bits per heavy atom. The van der Waals surface area contributed by atoms with Crippen LogP contribution in [0.3, 0.4) is 0 Å². The first-order chi connectivity index (χ1) is 8.90. The van der Waals surface area contributed by atoms with Crippen molar-refractivity contribution in [1.82, 2.24) is 0 Å². The van der Waals surface area contributed by atoms with Crippen LogP contribution in [0.1, 0.15) is 6.42 Å². The Morgan fingerprint density at radius 1 is 1.05 bits per heavy atom. The van der Waals surface area contributed by atoms with Gasteiger partial charge < -0.3 is 9.64 Å². The summed E-state index contributed by atoms with van der Waals surface area (Å²) in [6.07, 6.45) is 0.214. The van der Waals surface area contributed by atoms with Crippen LogP contribution in [0.15, 0.2) is 0 Å². The van der Waals surface area contributed by atoms with Crippen LogP contribution in [0.4, 0.5) is 27.6 Å². The van der Waals surface area contributed by atoms with Gasteiger partial charge in [-0.1, -0.05) is 0 Å². The molecular weight excluding hydrogens is 273 g/mol. The summed E-state index contributed by atoms with van der Waals surface area (Å²) in [6, 6.07) is -1.04. The minimum atomic E-state index is -2.23. The number of methoxy groups -OCH3 is 1. The van der Waals surface area contributed by atoms with Crippen molar-refractivity contribution in [2.75, 3.05) is 18.6 Å². The third-order valence-electron chi connectivity index (χ3n) is 2.97. The number of hydrogen-bond acceptors (Lipinski definition) is 3. The molecule has 0 N–H and O–H groups in total. The van der Waals surface area contributed by atoms with Gasteiger partial charge >= 0.3 is 5.97 Å². The van der Waals surface area contributed by atoms with Gasteiger partial charge in [-0.2, -0.15) is 0 Å². The van der Waals surface area contributed by atoms with Crippen LogP contribution >= 0.6 is 0 Å². The van der Waals surface area contributed by atoms with E-state index in [0.29, 0.717) is 0 Å². The third-order valence-corrected chi connectivity index (χ3v) is 2.97. The SMILES string of the molecule is COC(=O)C1CCN1c1c(F)c(F)c(F)c(F)c1F. The van der Waals surface area contributed by atoms with Gasteiger partial charge in [0.2, 0.25) is 5.82 Å². The molecule has 0 spiro atoms. The van der Waals surface area contributed by atoms with Crippen LogP contribution in [0.5, 0.6) is 0 Å². The largest absolute Gasteiger partial charge is 0.467 e. The maximum absolute atomic E-state index is 13.5. The minimum absolute atomic E-state index is 0.00187. The van der Waals surface area contributed by atoms with Crippen LogP contribution in [0.2, 0.25) is 0 Å². The molecule has 1 aromatic carbocycles. The highest BCUT2D eigenvalue weighted by molar-refractivity contribution is 5.82. The van der Waals surface area contributed by atoms with E-state index in [1.807, 2.05) is 0 Å². The van der Waals surface area contributed by atoms with Gasteiger partial charge in [0.05, 0.1) is 7.11 Å². The summed E-state index contributed by atoms with van der Waals surface area (Å²) in [5, 5.41) is 0. The van der Waals surface area contributed by atoms with Gasteiger partial charge in [0, 0.05) is 6.54 Å². The van der Waals surface area contributed by atoms with Crippen molar-refractivity contribution in [3.8, 4) is 0 Å².